The van der Waals surface area contributed by atoms with Crippen molar-refractivity contribution in [1.82, 2.24) is 5.32 Å². The van der Waals surface area contributed by atoms with Crippen molar-refractivity contribution >= 4 is 0 Å². The molecule has 0 heterocycles. The van der Waals surface area contributed by atoms with E-state index in [0.717, 1.165) is 32.0 Å². The van der Waals surface area contributed by atoms with Crippen molar-refractivity contribution in [3.05, 3.63) is 0 Å². The van der Waals surface area contributed by atoms with E-state index in [2.05, 4.69) is 19.2 Å². The van der Waals surface area contributed by atoms with Gasteiger partial charge in [-0.15, -0.1) is 0 Å². The van der Waals surface area contributed by atoms with Crippen LogP contribution in [-0.2, 0) is 4.74 Å². The van der Waals surface area contributed by atoms with Crippen molar-refractivity contribution in [3.8, 4) is 0 Å². The lowest BCUT2D eigenvalue weighted by atomic mass is 9.86. The first-order valence-corrected chi connectivity index (χ1v) is 7.52. The Labute approximate surface area is 112 Å². The lowest BCUT2D eigenvalue weighted by Gasteiger charge is -2.33. The van der Waals surface area contributed by atoms with Crippen LogP contribution in [0.5, 0.6) is 0 Å². The number of hydrogen-bond donors (Lipinski definition) is 2. The number of aliphatic hydroxyl groups excluding tert-OH is 1. The third-order valence-corrected chi connectivity index (χ3v) is 4.42. The van der Waals surface area contributed by atoms with E-state index >= 15 is 0 Å². The topological polar surface area (TPSA) is 41.5 Å². The fraction of sp³-hybridized carbons (Fsp3) is 1.00. The van der Waals surface area contributed by atoms with Gasteiger partial charge in [0.25, 0.3) is 0 Å². The smallest absolute Gasteiger partial charge is 0.0615 e. The summed E-state index contributed by atoms with van der Waals surface area (Å²) in [6.45, 7) is 6.48. The number of ether oxygens (including phenoxy) is 1. The van der Waals surface area contributed by atoms with E-state index in [-0.39, 0.29) is 12.1 Å². The molecule has 108 valence electrons. The van der Waals surface area contributed by atoms with Crippen LogP contribution in [0.15, 0.2) is 0 Å². The number of aliphatic hydroxyl groups is 1. The highest BCUT2D eigenvalue weighted by atomic mass is 16.5. The Morgan fingerprint density at radius 2 is 2.17 bits per heavy atom. The standard InChI is InChI=1S/C15H31NO2/c1-13(2)6-5-10-18-11-8-14-7-4-9-15(14,12-17)16-3/h13-14,16-17H,4-12H2,1-3H3. The van der Waals surface area contributed by atoms with Crippen LogP contribution in [0.4, 0.5) is 0 Å². The molecule has 1 aliphatic carbocycles. The van der Waals surface area contributed by atoms with E-state index in [1.54, 1.807) is 0 Å². The van der Waals surface area contributed by atoms with Gasteiger partial charge in [-0.1, -0.05) is 20.3 Å². The molecule has 1 aliphatic rings. The van der Waals surface area contributed by atoms with Gasteiger partial charge < -0.3 is 15.2 Å². The fourth-order valence-corrected chi connectivity index (χ4v) is 3.10. The lowest BCUT2D eigenvalue weighted by molar-refractivity contribution is 0.0801. The number of nitrogens with one attached hydrogen (secondary N) is 1. The van der Waals surface area contributed by atoms with Crippen LogP contribution in [0.3, 0.4) is 0 Å². The summed E-state index contributed by atoms with van der Waals surface area (Å²) in [5.41, 5.74) is -0.0404. The predicted octanol–water partition coefficient (Wildman–Crippen LogP) is 2.58. The van der Waals surface area contributed by atoms with Gasteiger partial charge in [-0.05, 0) is 51.0 Å². The highest BCUT2D eigenvalue weighted by Gasteiger charge is 2.40. The van der Waals surface area contributed by atoms with E-state index in [0.29, 0.717) is 5.92 Å². The molecule has 18 heavy (non-hydrogen) atoms. The van der Waals surface area contributed by atoms with E-state index in [9.17, 15) is 5.11 Å². The molecule has 2 N–H and O–H groups in total. The molecule has 0 amide bonds. The molecule has 1 fully saturated rings. The van der Waals surface area contributed by atoms with E-state index in [1.165, 1.54) is 25.7 Å². The van der Waals surface area contributed by atoms with Gasteiger partial charge in [-0.2, -0.15) is 0 Å². The summed E-state index contributed by atoms with van der Waals surface area (Å²) in [5.74, 6) is 1.34. The summed E-state index contributed by atoms with van der Waals surface area (Å²) in [5, 5.41) is 12.9. The first-order valence-electron chi connectivity index (χ1n) is 7.52. The SMILES string of the molecule is CNC1(CO)CCCC1CCOCCCC(C)C. The molecule has 1 rings (SSSR count). The zero-order chi connectivity index (χ0) is 13.4. The van der Waals surface area contributed by atoms with Gasteiger partial charge in [0, 0.05) is 18.8 Å². The van der Waals surface area contributed by atoms with Crippen molar-refractivity contribution in [1.29, 1.82) is 0 Å². The van der Waals surface area contributed by atoms with Crippen LogP contribution in [-0.4, -0.2) is 37.5 Å². The fourth-order valence-electron chi connectivity index (χ4n) is 3.10. The van der Waals surface area contributed by atoms with Crippen molar-refractivity contribution in [2.75, 3.05) is 26.9 Å². The van der Waals surface area contributed by atoms with Crippen LogP contribution < -0.4 is 5.32 Å². The highest BCUT2D eigenvalue weighted by molar-refractivity contribution is 4.97. The van der Waals surface area contributed by atoms with Crippen LogP contribution in [0.1, 0.15) is 52.4 Å². The van der Waals surface area contributed by atoms with Gasteiger partial charge in [0.15, 0.2) is 0 Å². The molecule has 0 saturated heterocycles. The van der Waals surface area contributed by atoms with Gasteiger partial charge in [-0.25, -0.2) is 0 Å². The molecular formula is C15H31NO2. The second kappa shape index (κ2) is 8.13. The molecule has 0 spiro atoms. The Bertz CT molecular complexity index is 215. The Kier molecular flexibility index (Phi) is 7.20. The summed E-state index contributed by atoms with van der Waals surface area (Å²) in [4.78, 5) is 0. The van der Waals surface area contributed by atoms with Gasteiger partial charge >= 0.3 is 0 Å². The molecule has 0 aliphatic heterocycles. The van der Waals surface area contributed by atoms with Crippen LogP contribution in [0, 0.1) is 11.8 Å². The van der Waals surface area contributed by atoms with Crippen molar-refractivity contribution in [2.45, 2.75) is 57.9 Å². The average Bonchev–Trinajstić information content (AvgIpc) is 2.76. The maximum atomic E-state index is 9.59. The maximum absolute atomic E-state index is 9.59. The number of likely N-dealkylation sites (N-methyl/N-ethyl adjacent to an activating group) is 1. The largest absolute Gasteiger partial charge is 0.394 e. The Hall–Kier alpha value is -0.120. The predicted molar refractivity (Wildman–Crippen MR) is 75.7 cm³/mol. The third-order valence-electron chi connectivity index (χ3n) is 4.42. The quantitative estimate of drug-likeness (QED) is 0.624. The van der Waals surface area contributed by atoms with Crippen molar-refractivity contribution in [2.24, 2.45) is 11.8 Å². The molecule has 0 radical (unpaired) electrons. The molecule has 0 aromatic heterocycles. The molecule has 3 nitrogen and oxygen atoms in total. The molecule has 0 bridgehead atoms. The highest BCUT2D eigenvalue weighted by Crippen LogP contribution is 2.37. The first kappa shape index (κ1) is 15.9. The second-order valence-electron chi connectivity index (χ2n) is 6.09. The zero-order valence-corrected chi connectivity index (χ0v) is 12.4. The molecule has 0 aromatic carbocycles. The summed E-state index contributed by atoms with van der Waals surface area (Å²) in [6.07, 6.45) is 7.03. The molecule has 3 heteroatoms. The Morgan fingerprint density at radius 1 is 1.39 bits per heavy atom. The monoisotopic (exact) mass is 257 g/mol. The van der Waals surface area contributed by atoms with Crippen LogP contribution in [0.2, 0.25) is 0 Å². The minimum Gasteiger partial charge on any atom is -0.394 e. The minimum absolute atomic E-state index is 0.0404. The van der Waals surface area contributed by atoms with Gasteiger partial charge in [0.1, 0.15) is 0 Å². The van der Waals surface area contributed by atoms with Crippen LogP contribution >= 0.6 is 0 Å². The zero-order valence-electron chi connectivity index (χ0n) is 12.4. The van der Waals surface area contributed by atoms with Gasteiger partial charge in [-0.3, -0.25) is 0 Å². The summed E-state index contributed by atoms with van der Waals surface area (Å²) in [6, 6.07) is 0. The van der Waals surface area contributed by atoms with Crippen LogP contribution in [0.25, 0.3) is 0 Å². The molecule has 1 saturated carbocycles. The summed E-state index contributed by atoms with van der Waals surface area (Å²) < 4.78 is 5.72. The summed E-state index contributed by atoms with van der Waals surface area (Å²) >= 11 is 0. The molecule has 2 atom stereocenters. The third kappa shape index (κ3) is 4.52. The number of rotatable bonds is 9. The molecular weight excluding hydrogens is 226 g/mol. The van der Waals surface area contributed by atoms with Crippen molar-refractivity contribution < 1.29 is 9.84 Å². The van der Waals surface area contributed by atoms with E-state index in [1.807, 2.05) is 7.05 Å². The maximum Gasteiger partial charge on any atom is 0.0615 e. The Balaban J connectivity index is 2.15. The average molecular weight is 257 g/mol. The van der Waals surface area contributed by atoms with E-state index < -0.39 is 0 Å². The minimum atomic E-state index is -0.0404. The van der Waals surface area contributed by atoms with E-state index in [4.69, 9.17) is 4.74 Å². The number of hydrogen-bond acceptors (Lipinski definition) is 3. The first-order chi connectivity index (χ1) is 8.64. The second-order valence-corrected chi connectivity index (χ2v) is 6.09. The lowest BCUT2D eigenvalue weighted by Crippen LogP contribution is -2.49. The molecule has 0 aromatic rings. The normalized spacial score (nSPS) is 28.2. The summed E-state index contributed by atoms with van der Waals surface area (Å²) in [7, 11) is 1.97. The van der Waals surface area contributed by atoms with Crippen molar-refractivity contribution in [3.63, 3.8) is 0 Å². The van der Waals surface area contributed by atoms with Gasteiger partial charge in [0.05, 0.1) is 6.61 Å². The molecule has 2 unspecified atom stereocenters. The van der Waals surface area contributed by atoms with Gasteiger partial charge in [0.2, 0.25) is 0 Å². The Morgan fingerprint density at radius 3 is 2.78 bits per heavy atom.